The predicted octanol–water partition coefficient (Wildman–Crippen LogP) is 13.7. The van der Waals surface area contributed by atoms with Crippen molar-refractivity contribution in [3.63, 3.8) is 0 Å². The Morgan fingerprint density at radius 2 is 0.917 bits per heavy atom. The topological polar surface area (TPSA) is 3.24 Å². The molecule has 0 saturated carbocycles. The lowest BCUT2D eigenvalue weighted by Gasteiger charge is -2.28. The summed E-state index contributed by atoms with van der Waals surface area (Å²) < 4.78 is 2.58. The van der Waals surface area contributed by atoms with Crippen molar-refractivity contribution < 1.29 is 0 Å². The minimum absolute atomic E-state index is 1.12. The third-order valence-electron chi connectivity index (χ3n) is 9.20. The van der Waals surface area contributed by atoms with Gasteiger partial charge in [0.15, 0.2) is 0 Å². The molecule has 0 saturated heterocycles. The van der Waals surface area contributed by atoms with Gasteiger partial charge in [0.2, 0.25) is 0 Å². The Morgan fingerprint density at radius 3 is 1.69 bits per heavy atom. The van der Waals surface area contributed by atoms with E-state index in [9.17, 15) is 0 Å². The van der Waals surface area contributed by atoms with Crippen molar-refractivity contribution in [2.45, 2.75) is 0 Å². The average molecular weight is 630 g/mol. The molecule has 0 atom stereocenters. The van der Waals surface area contributed by atoms with Crippen molar-refractivity contribution in [1.29, 1.82) is 0 Å². The van der Waals surface area contributed by atoms with Gasteiger partial charge in [-0.15, -0.1) is 11.3 Å². The van der Waals surface area contributed by atoms with Gasteiger partial charge in [0.05, 0.1) is 10.4 Å². The monoisotopic (exact) mass is 629 g/mol. The van der Waals surface area contributed by atoms with E-state index in [0.717, 1.165) is 11.4 Å². The molecule has 0 fully saturated rings. The fourth-order valence-corrected chi connectivity index (χ4v) is 8.07. The van der Waals surface area contributed by atoms with Gasteiger partial charge in [0.25, 0.3) is 0 Å². The van der Waals surface area contributed by atoms with Gasteiger partial charge in [-0.25, -0.2) is 0 Å². The molecule has 226 valence electrons. The fraction of sp³-hybridized carbons (Fsp3) is 0. The van der Waals surface area contributed by atoms with Crippen LogP contribution in [0.25, 0.3) is 64.3 Å². The molecule has 1 aromatic heterocycles. The van der Waals surface area contributed by atoms with Crippen molar-refractivity contribution >= 4 is 59.3 Å². The molecule has 0 unspecified atom stereocenters. The maximum Gasteiger partial charge on any atom is 0.0640 e. The van der Waals surface area contributed by atoms with E-state index in [1.165, 1.54) is 70.0 Å². The molecule has 0 aliphatic heterocycles. The van der Waals surface area contributed by atoms with Crippen molar-refractivity contribution in [2.75, 3.05) is 4.90 Å². The minimum atomic E-state index is 1.12. The molecule has 1 heterocycles. The Hall–Kier alpha value is -5.96. The number of hydrogen-bond donors (Lipinski definition) is 0. The van der Waals surface area contributed by atoms with E-state index in [0.29, 0.717) is 0 Å². The molecule has 2 heteroatoms. The third-order valence-corrected chi connectivity index (χ3v) is 10.4. The Kier molecular flexibility index (Phi) is 7.07. The van der Waals surface area contributed by atoms with Crippen LogP contribution in [0.3, 0.4) is 0 Å². The maximum absolute atomic E-state index is 2.46. The molecule has 0 N–H and O–H groups in total. The van der Waals surface area contributed by atoms with Crippen LogP contribution in [0.5, 0.6) is 0 Å². The molecule has 0 spiro atoms. The van der Waals surface area contributed by atoms with Gasteiger partial charge in [0, 0.05) is 26.8 Å². The normalized spacial score (nSPS) is 11.3. The zero-order chi connectivity index (χ0) is 31.9. The number of thiophene rings is 1. The van der Waals surface area contributed by atoms with E-state index in [1.54, 1.807) is 0 Å². The van der Waals surface area contributed by atoms with Crippen molar-refractivity contribution in [1.82, 2.24) is 0 Å². The molecule has 0 radical (unpaired) electrons. The van der Waals surface area contributed by atoms with Gasteiger partial charge >= 0.3 is 0 Å². The zero-order valence-electron chi connectivity index (χ0n) is 26.3. The molecular weight excluding hydrogens is 599 g/mol. The second-order valence-corrected chi connectivity index (χ2v) is 13.3. The van der Waals surface area contributed by atoms with Crippen molar-refractivity contribution in [2.24, 2.45) is 0 Å². The lowest BCUT2D eigenvalue weighted by molar-refractivity contribution is 1.30. The second kappa shape index (κ2) is 12.0. The standard InChI is InChI=1S/C46H31NS/c1-3-13-32(14-4-1)38-28-39(33-15-5-2-6-16-33)31-41(30-38)47(44-23-12-22-43-42-21-9-10-24-45(42)48-46(43)44)40-20-11-19-36(29-40)37-26-25-34-17-7-8-18-35(34)27-37/h1-31H. The molecule has 1 nitrogen and oxygen atoms in total. The van der Waals surface area contributed by atoms with Crippen LogP contribution in [0.4, 0.5) is 17.1 Å². The molecule has 0 bridgehead atoms. The molecule has 0 aliphatic carbocycles. The van der Waals surface area contributed by atoms with Crippen LogP contribution in [0, 0.1) is 0 Å². The van der Waals surface area contributed by atoms with E-state index in [-0.39, 0.29) is 0 Å². The van der Waals surface area contributed by atoms with Gasteiger partial charge in [-0.05, 0) is 92.7 Å². The van der Waals surface area contributed by atoms with Crippen LogP contribution in [0.2, 0.25) is 0 Å². The zero-order valence-corrected chi connectivity index (χ0v) is 27.1. The van der Waals surface area contributed by atoms with Crippen LogP contribution in [0.15, 0.2) is 188 Å². The lowest BCUT2D eigenvalue weighted by Crippen LogP contribution is -2.10. The van der Waals surface area contributed by atoms with Crippen LogP contribution in [0.1, 0.15) is 0 Å². The van der Waals surface area contributed by atoms with E-state index in [2.05, 4.69) is 193 Å². The quantitative estimate of drug-likeness (QED) is 0.177. The van der Waals surface area contributed by atoms with Crippen molar-refractivity contribution in [3.8, 4) is 33.4 Å². The molecule has 8 aromatic carbocycles. The summed E-state index contributed by atoms with van der Waals surface area (Å²) in [4.78, 5) is 2.46. The second-order valence-electron chi connectivity index (χ2n) is 12.2. The molecule has 9 aromatic rings. The smallest absolute Gasteiger partial charge is 0.0640 e. The first-order valence-electron chi connectivity index (χ1n) is 16.3. The molecular formula is C46H31NS. The van der Waals surface area contributed by atoms with Gasteiger partial charge in [0.1, 0.15) is 0 Å². The molecule has 48 heavy (non-hydrogen) atoms. The summed E-state index contributed by atoms with van der Waals surface area (Å²) in [7, 11) is 0. The highest BCUT2D eigenvalue weighted by Gasteiger charge is 2.20. The summed E-state index contributed by atoms with van der Waals surface area (Å²) in [6.45, 7) is 0. The summed E-state index contributed by atoms with van der Waals surface area (Å²) >= 11 is 1.87. The Bertz CT molecular complexity index is 2510. The highest BCUT2D eigenvalue weighted by molar-refractivity contribution is 7.26. The van der Waals surface area contributed by atoms with E-state index >= 15 is 0 Å². The first-order chi connectivity index (χ1) is 23.8. The maximum atomic E-state index is 2.46. The Morgan fingerprint density at radius 1 is 0.333 bits per heavy atom. The van der Waals surface area contributed by atoms with Crippen molar-refractivity contribution in [3.05, 3.63) is 188 Å². The molecule has 0 amide bonds. The highest BCUT2D eigenvalue weighted by atomic mass is 32.1. The summed E-state index contributed by atoms with van der Waals surface area (Å²) in [5, 5.41) is 5.08. The summed E-state index contributed by atoms with van der Waals surface area (Å²) in [6, 6.07) is 68.3. The third kappa shape index (κ3) is 5.13. The number of benzene rings is 8. The van der Waals surface area contributed by atoms with E-state index in [4.69, 9.17) is 0 Å². The highest BCUT2D eigenvalue weighted by Crippen LogP contribution is 2.46. The number of fused-ring (bicyclic) bond motifs is 4. The summed E-state index contributed by atoms with van der Waals surface area (Å²) in [5.41, 5.74) is 10.6. The number of hydrogen-bond acceptors (Lipinski definition) is 2. The largest absolute Gasteiger partial charge is 0.309 e. The predicted molar refractivity (Wildman–Crippen MR) is 208 cm³/mol. The molecule has 9 rings (SSSR count). The SMILES string of the molecule is c1ccc(-c2cc(-c3ccccc3)cc(N(c3cccc(-c4ccc5ccccc5c4)c3)c3cccc4c3sc3ccccc34)c2)cc1. The van der Waals surface area contributed by atoms with E-state index < -0.39 is 0 Å². The van der Waals surface area contributed by atoms with Crippen LogP contribution in [-0.4, -0.2) is 0 Å². The average Bonchev–Trinajstić information content (AvgIpc) is 3.55. The molecule has 0 aliphatic rings. The van der Waals surface area contributed by atoms with Gasteiger partial charge < -0.3 is 4.90 Å². The number of nitrogens with zero attached hydrogens (tertiary/aromatic N) is 1. The Labute approximate surface area is 284 Å². The Balaban J connectivity index is 1.31. The first-order valence-corrected chi connectivity index (χ1v) is 17.2. The minimum Gasteiger partial charge on any atom is -0.309 e. The number of rotatable bonds is 6. The van der Waals surface area contributed by atoms with Crippen LogP contribution in [-0.2, 0) is 0 Å². The summed E-state index contributed by atoms with van der Waals surface area (Å²) in [5.74, 6) is 0. The number of anilines is 3. The van der Waals surface area contributed by atoms with Crippen LogP contribution < -0.4 is 4.90 Å². The van der Waals surface area contributed by atoms with E-state index in [1.807, 2.05) is 11.3 Å². The van der Waals surface area contributed by atoms with Crippen LogP contribution >= 0.6 is 11.3 Å². The fourth-order valence-electron chi connectivity index (χ4n) is 6.86. The van der Waals surface area contributed by atoms with Gasteiger partial charge in [-0.2, -0.15) is 0 Å². The van der Waals surface area contributed by atoms with Gasteiger partial charge in [-0.1, -0.05) is 140 Å². The summed E-state index contributed by atoms with van der Waals surface area (Å²) in [6.07, 6.45) is 0. The lowest BCUT2D eigenvalue weighted by atomic mass is 9.97. The first kappa shape index (κ1) is 28.3. The van der Waals surface area contributed by atoms with Gasteiger partial charge in [-0.3, -0.25) is 0 Å².